The lowest BCUT2D eigenvalue weighted by atomic mass is 10.3. The van der Waals surface area contributed by atoms with E-state index < -0.39 is 11.7 Å². The fourth-order valence-electron chi connectivity index (χ4n) is 1.79. The van der Waals surface area contributed by atoms with Crippen LogP contribution in [0, 0.1) is 5.82 Å². The zero-order valence-electron chi connectivity index (χ0n) is 12.2. The number of amides is 2. The minimum Gasteiger partial charge on any atom is -0.459 e. The predicted molar refractivity (Wildman–Crippen MR) is 84.1 cm³/mol. The van der Waals surface area contributed by atoms with E-state index in [-0.39, 0.29) is 23.2 Å². The summed E-state index contributed by atoms with van der Waals surface area (Å²) in [6.45, 7) is 0.126. The van der Waals surface area contributed by atoms with Crippen molar-refractivity contribution in [1.29, 1.82) is 0 Å². The fraction of sp³-hybridized carbons (Fsp3) is 0.0667. The van der Waals surface area contributed by atoms with Crippen LogP contribution in [0.2, 0.25) is 0 Å². The highest BCUT2D eigenvalue weighted by atomic mass is 32.1. The summed E-state index contributed by atoms with van der Waals surface area (Å²) < 4.78 is 17.8. The largest absolute Gasteiger partial charge is 0.459 e. The summed E-state index contributed by atoms with van der Waals surface area (Å²) in [5.74, 6) is -1.04. The third kappa shape index (κ3) is 3.82. The summed E-state index contributed by atoms with van der Waals surface area (Å²) in [7, 11) is 0. The van der Waals surface area contributed by atoms with E-state index in [4.69, 9.17) is 4.42 Å². The molecule has 7 nitrogen and oxygen atoms in total. The Morgan fingerprint density at radius 3 is 2.62 bits per heavy atom. The summed E-state index contributed by atoms with van der Waals surface area (Å²) in [4.78, 5) is 23.8. The fourth-order valence-corrected chi connectivity index (χ4v) is 2.46. The number of anilines is 1. The minimum absolute atomic E-state index is 0.126. The van der Waals surface area contributed by atoms with Crippen LogP contribution >= 0.6 is 11.3 Å². The van der Waals surface area contributed by atoms with E-state index in [0.29, 0.717) is 10.7 Å². The summed E-state index contributed by atoms with van der Waals surface area (Å²) in [5.41, 5.74) is 0.448. The topological polar surface area (TPSA) is 97.1 Å². The van der Waals surface area contributed by atoms with E-state index in [1.807, 2.05) is 0 Å². The molecule has 2 aromatic heterocycles. The maximum atomic E-state index is 12.8. The quantitative estimate of drug-likeness (QED) is 0.740. The molecule has 0 saturated carbocycles. The van der Waals surface area contributed by atoms with Gasteiger partial charge in [-0.25, -0.2) is 4.39 Å². The van der Waals surface area contributed by atoms with Gasteiger partial charge in [0.05, 0.1) is 12.8 Å². The first kappa shape index (κ1) is 15.8. The van der Waals surface area contributed by atoms with Gasteiger partial charge >= 0.3 is 0 Å². The molecule has 0 aliphatic carbocycles. The second-order valence-corrected chi connectivity index (χ2v) is 5.68. The van der Waals surface area contributed by atoms with E-state index in [1.54, 1.807) is 6.07 Å². The van der Waals surface area contributed by atoms with Gasteiger partial charge in [-0.1, -0.05) is 11.3 Å². The number of nitrogens with one attached hydrogen (secondary N) is 2. The van der Waals surface area contributed by atoms with Crippen molar-refractivity contribution in [3.8, 4) is 0 Å². The molecule has 9 heteroatoms. The number of carbonyl (C=O) groups is 2. The molecule has 122 valence electrons. The number of furan rings is 1. The highest BCUT2D eigenvalue weighted by Gasteiger charge is 2.14. The van der Waals surface area contributed by atoms with Crippen molar-refractivity contribution in [3.05, 3.63) is 64.3 Å². The van der Waals surface area contributed by atoms with Crippen LogP contribution in [0.25, 0.3) is 0 Å². The molecule has 0 unspecified atom stereocenters. The van der Waals surface area contributed by atoms with Gasteiger partial charge in [0.2, 0.25) is 5.01 Å². The Kier molecular flexibility index (Phi) is 4.62. The van der Waals surface area contributed by atoms with Crippen LogP contribution in [0.1, 0.15) is 25.4 Å². The van der Waals surface area contributed by atoms with Crippen molar-refractivity contribution < 1.29 is 18.4 Å². The maximum absolute atomic E-state index is 12.8. The Balaban J connectivity index is 1.57. The molecule has 0 aliphatic heterocycles. The Bertz CT molecular complexity index is 846. The van der Waals surface area contributed by atoms with Crippen molar-refractivity contribution >= 4 is 28.8 Å². The smallest absolute Gasteiger partial charge is 0.287 e. The van der Waals surface area contributed by atoms with Crippen LogP contribution < -0.4 is 10.6 Å². The third-order valence-electron chi connectivity index (χ3n) is 2.91. The van der Waals surface area contributed by atoms with Gasteiger partial charge in [-0.05, 0) is 36.4 Å². The molecule has 1 aromatic carbocycles. The van der Waals surface area contributed by atoms with Gasteiger partial charge in [-0.15, -0.1) is 10.2 Å². The monoisotopic (exact) mass is 346 g/mol. The summed E-state index contributed by atoms with van der Waals surface area (Å²) in [5, 5.41) is 13.4. The van der Waals surface area contributed by atoms with E-state index in [0.717, 1.165) is 11.3 Å². The molecular weight excluding hydrogens is 335 g/mol. The van der Waals surface area contributed by atoms with Gasteiger partial charge in [0.15, 0.2) is 5.76 Å². The third-order valence-corrected chi connectivity index (χ3v) is 3.83. The first-order valence-electron chi connectivity index (χ1n) is 6.83. The van der Waals surface area contributed by atoms with Crippen LogP contribution in [0.15, 0.2) is 47.1 Å². The van der Waals surface area contributed by atoms with Crippen LogP contribution in [0.3, 0.4) is 0 Å². The lowest BCUT2D eigenvalue weighted by Gasteiger charge is -2.01. The molecular formula is C15H11FN4O3S. The summed E-state index contributed by atoms with van der Waals surface area (Å²) in [6.07, 6.45) is 1.40. The van der Waals surface area contributed by atoms with Gasteiger partial charge in [-0.3, -0.25) is 9.59 Å². The van der Waals surface area contributed by atoms with Crippen LogP contribution in [-0.2, 0) is 6.54 Å². The van der Waals surface area contributed by atoms with Crippen molar-refractivity contribution in [2.75, 3.05) is 5.32 Å². The minimum atomic E-state index is -0.456. The molecule has 3 rings (SSSR count). The van der Waals surface area contributed by atoms with E-state index in [1.165, 1.54) is 36.6 Å². The van der Waals surface area contributed by atoms with Crippen LogP contribution in [0.5, 0.6) is 0 Å². The Morgan fingerprint density at radius 1 is 1.12 bits per heavy atom. The zero-order chi connectivity index (χ0) is 16.9. The molecule has 2 heterocycles. The van der Waals surface area contributed by atoms with Crippen molar-refractivity contribution in [1.82, 2.24) is 15.5 Å². The standard InChI is InChI=1S/C15H11FN4O3S/c16-9-3-5-10(6-4-9)18-14(22)15-20-19-12(24-15)8-17-13(21)11-2-1-7-23-11/h1-7H,8H2,(H,17,21)(H,18,22). The van der Waals surface area contributed by atoms with Crippen LogP contribution in [0.4, 0.5) is 10.1 Å². The molecule has 3 aromatic rings. The van der Waals surface area contributed by atoms with Crippen LogP contribution in [-0.4, -0.2) is 22.0 Å². The van der Waals surface area contributed by atoms with Crippen molar-refractivity contribution in [3.63, 3.8) is 0 Å². The lowest BCUT2D eigenvalue weighted by molar-refractivity contribution is 0.0922. The van der Waals surface area contributed by atoms with Gasteiger partial charge < -0.3 is 15.1 Å². The van der Waals surface area contributed by atoms with Crippen molar-refractivity contribution in [2.45, 2.75) is 6.54 Å². The Morgan fingerprint density at radius 2 is 1.92 bits per heavy atom. The van der Waals surface area contributed by atoms with Gasteiger partial charge in [0, 0.05) is 5.69 Å². The molecule has 0 spiro atoms. The number of hydrogen-bond acceptors (Lipinski definition) is 6. The lowest BCUT2D eigenvalue weighted by Crippen LogP contribution is -2.22. The highest BCUT2D eigenvalue weighted by molar-refractivity contribution is 7.13. The average molecular weight is 346 g/mol. The average Bonchev–Trinajstić information content (AvgIpc) is 3.26. The number of benzene rings is 1. The highest BCUT2D eigenvalue weighted by Crippen LogP contribution is 2.14. The number of carbonyl (C=O) groups excluding carboxylic acids is 2. The molecule has 0 bridgehead atoms. The number of hydrogen-bond donors (Lipinski definition) is 2. The molecule has 0 saturated heterocycles. The summed E-state index contributed by atoms with van der Waals surface area (Å²) >= 11 is 1.05. The number of nitrogens with zero attached hydrogens (tertiary/aromatic N) is 2. The predicted octanol–water partition coefficient (Wildman–Crippen LogP) is 2.45. The van der Waals surface area contributed by atoms with Gasteiger partial charge in [0.25, 0.3) is 11.8 Å². The van der Waals surface area contributed by atoms with Crippen molar-refractivity contribution in [2.24, 2.45) is 0 Å². The zero-order valence-corrected chi connectivity index (χ0v) is 13.0. The molecule has 2 amide bonds. The molecule has 0 fully saturated rings. The first-order valence-corrected chi connectivity index (χ1v) is 7.64. The molecule has 0 atom stereocenters. The summed E-state index contributed by atoms with van der Waals surface area (Å²) in [6, 6.07) is 8.52. The first-order chi connectivity index (χ1) is 11.6. The maximum Gasteiger partial charge on any atom is 0.287 e. The normalized spacial score (nSPS) is 10.4. The Labute approximate surface area is 139 Å². The molecule has 2 N–H and O–H groups in total. The number of halogens is 1. The molecule has 24 heavy (non-hydrogen) atoms. The number of aromatic nitrogens is 2. The van der Waals surface area contributed by atoms with Gasteiger partial charge in [0.1, 0.15) is 10.8 Å². The molecule has 0 radical (unpaired) electrons. The second kappa shape index (κ2) is 7.01. The number of rotatable bonds is 5. The second-order valence-electron chi connectivity index (χ2n) is 4.62. The van der Waals surface area contributed by atoms with E-state index >= 15 is 0 Å². The molecule has 0 aliphatic rings. The van der Waals surface area contributed by atoms with Gasteiger partial charge in [-0.2, -0.15) is 0 Å². The Hall–Kier alpha value is -3.07. The SMILES string of the molecule is O=C(NCc1nnc(C(=O)Nc2ccc(F)cc2)s1)c1ccco1. The van der Waals surface area contributed by atoms with E-state index in [2.05, 4.69) is 20.8 Å². The van der Waals surface area contributed by atoms with E-state index in [9.17, 15) is 14.0 Å².